The van der Waals surface area contributed by atoms with Crippen LogP contribution in [0.15, 0.2) is 60.8 Å². The van der Waals surface area contributed by atoms with E-state index in [1.165, 1.54) is 6.07 Å². The molecule has 0 aliphatic carbocycles. The first kappa shape index (κ1) is 21.0. The number of benzene rings is 2. The van der Waals surface area contributed by atoms with Gasteiger partial charge in [0, 0.05) is 36.1 Å². The fourth-order valence-electron chi connectivity index (χ4n) is 4.06. The Kier molecular flexibility index (Phi) is 5.45. The average Bonchev–Trinajstić information content (AvgIpc) is 3.45. The van der Waals surface area contributed by atoms with Gasteiger partial charge in [0.25, 0.3) is 12.3 Å². The summed E-state index contributed by atoms with van der Waals surface area (Å²) in [7, 11) is 0. The van der Waals surface area contributed by atoms with E-state index >= 15 is 0 Å². The Morgan fingerprint density at radius 2 is 2.03 bits per heavy atom. The molecule has 0 radical (unpaired) electrons. The van der Waals surface area contributed by atoms with E-state index in [0.29, 0.717) is 41.1 Å². The molecule has 1 saturated heterocycles. The summed E-state index contributed by atoms with van der Waals surface area (Å²) in [6.45, 7) is 0.685. The van der Waals surface area contributed by atoms with Gasteiger partial charge < -0.3 is 15.2 Å². The lowest BCUT2D eigenvalue weighted by Crippen LogP contribution is -2.20. The molecule has 1 amide bonds. The van der Waals surface area contributed by atoms with Crippen molar-refractivity contribution in [3.05, 3.63) is 71.9 Å². The van der Waals surface area contributed by atoms with E-state index in [9.17, 15) is 18.0 Å². The molecule has 2 N–H and O–H groups in total. The van der Waals surface area contributed by atoms with Crippen LogP contribution in [0.4, 0.5) is 24.7 Å². The van der Waals surface area contributed by atoms with E-state index in [1.807, 2.05) is 0 Å². The van der Waals surface area contributed by atoms with Gasteiger partial charge in [0.05, 0.1) is 11.1 Å². The summed E-state index contributed by atoms with van der Waals surface area (Å²) in [6.07, 6.45) is -1.75. The van der Waals surface area contributed by atoms with Crippen molar-refractivity contribution in [2.24, 2.45) is 0 Å². The number of nitrogens with zero attached hydrogens (tertiary/aromatic N) is 3. The minimum Gasteiger partial charge on any atom is -0.368 e. The molecule has 33 heavy (non-hydrogen) atoms. The van der Waals surface area contributed by atoms with Crippen LogP contribution in [0.3, 0.4) is 0 Å². The van der Waals surface area contributed by atoms with Gasteiger partial charge in [-0.2, -0.15) is 0 Å². The second kappa shape index (κ2) is 8.57. The monoisotopic (exact) mass is 451 g/mol. The van der Waals surface area contributed by atoms with Gasteiger partial charge in [-0.3, -0.25) is 4.79 Å². The largest absolute Gasteiger partial charge is 0.368 e. The van der Waals surface area contributed by atoms with Crippen LogP contribution in [0.25, 0.3) is 22.4 Å². The number of amides is 1. The second-order valence-corrected chi connectivity index (χ2v) is 7.86. The van der Waals surface area contributed by atoms with E-state index in [1.54, 1.807) is 59.6 Å². The second-order valence-electron chi connectivity index (χ2n) is 7.86. The molecule has 3 heterocycles. The molecule has 1 atom stereocenters. The molecule has 1 fully saturated rings. The highest BCUT2D eigenvalue weighted by molar-refractivity contribution is 6.11. The summed E-state index contributed by atoms with van der Waals surface area (Å²) in [5.74, 6) is 0.217. The number of aromatic nitrogens is 3. The number of pyridine rings is 1. The first-order valence-electron chi connectivity index (χ1n) is 10.5. The third kappa shape index (κ3) is 4.13. The number of H-pyrrole nitrogens is 1. The van der Waals surface area contributed by atoms with Crippen molar-refractivity contribution in [3.63, 3.8) is 0 Å². The van der Waals surface area contributed by atoms with Gasteiger partial charge in [-0.1, -0.05) is 12.1 Å². The maximum atomic E-state index is 14.0. The fraction of sp³-hybridized carbons (Fsp3) is 0.208. The lowest BCUT2D eigenvalue weighted by molar-refractivity contribution is 0.102. The predicted molar refractivity (Wildman–Crippen MR) is 120 cm³/mol. The van der Waals surface area contributed by atoms with Crippen molar-refractivity contribution < 1.29 is 18.0 Å². The average molecular weight is 451 g/mol. The van der Waals surface area contributed by atoms with Crippen molar-refractivity contribution in [3.8, 4) is 11.4 Å². The molecule has 9 heteroatoms. The lowest BCUT2D eigenvalue weighted by Gasteiger charge is -2.19. The van der Waals surface area contributed by atoms with Gasteiger partial charge in [-0.25, -0.2) is 23.1 Å². The third-order valence-corrected chi connectivity index (χ3v) is 5.69. The first-order chi connectivity index (χ1) is 16.0. The van der Waals surface area contributed by atoms with Gasteiger partial charge >= 0.3 is 0 Å². The fourth-order valence-corrected chi connectivity index (χ4v) is 4.06. The van der Waals surface area contributed by atoms with Crippen molar-refractivity contribution in [1.29, 1.82) is 0 Å². The Morgan fingerprint density at radius 1 is 1.15 bits per heavy atom. The number of anilines is 2. The molecule has 1 aliphatic heterocycles. The van der Waals surface area contributed by atoms with Crippen molar-refractivity contribution in [2.75, 3.05) is 23.3 Å². The highest BCUT2D eigenvalue weighted by Gasteiger charge is 2.25. The van der Waals surface area contributed by atoms with Crippen molar-refractivity contribution in [1.82, 2.24) is 15.0 Å². The van der Waals surface area contributed by atoms with E-state index < -0.39 is 18.5 Å². The summed E-state index contributed by atoms with van der Waals surface area (Å²) in [5, 5.41) is 2.71. The number of imidazole rings is 1. The minimum atomic E-state index is -2.75. The molecule has 168 valence electrons. The number of halogens is 3. The lowest BCUT2D eigenvalue weighted by atomic mass is 10.1. The van der Waals surface area contributed by atoms with Crippen LogP contribution in [-0.2, 0) is 0 Å². The van der Waals surface area contributed by atoms with E-state index in [0.717, 1.165) is 0 Å². The zero-order valence-corrected chi connectivity index (χ0v) is 17.4. The Hall–Kier alpha value is -3.88. The summed E-state index contributed by atoms with van der Waals surface area (Å²) in [5.41, 5.74) is 1.79. The van der Waals surface area contributed by atoms with Crippen LogP contribution in [-0.4, -0.2) is 40.1 Å². The van der Waals surface area contributed by atoms with E-state index in [-0.39, 0.29) is 23.5 Å². The molecule has 4 aromatic rings. The summed E-state index contributed by atoms with van der Waals surface area (Å²) < 4.78 is 41.5. The number of carbonyl (C=O) groups excluding carboxylic acids is 1. The molecular weight excluding hydrogens is 431 g/mol. The van der Waals surface area contributed by atoms with Crippen LogP contribution < -0.4 is 10.2 Å². The molecule has 0 saturated carbocycles. The highest BCUT2D eigenvalue weighted by Crippen LogP contribution is 2.35. The Labute approximate surface area is 187 Å². The van der Waals surface area contributed by atoms with Crippen molar-refractivity contribution >= 4 is 28.4 Å². The molecular formula is C24H20F3N5O. The van der Waals surface area contributed by atoms with E-state index in [4.69, 9.17) is 0 Å². The van der Waals surface area contributed by atoms with E-state index in [2.05, 4.69) is 20.3 Å². The molecule has 5 rings (SSSR count). The van der Waals surface area contributed by atoms with Gasteiger partial charge in [0.1, 0.15) is 23.3 Å². The Bertz CT molecular complexity index is 1310. The SMILES string of the molecule is O=C(Nc1ccccn1)c1cccc2[nH]c(-c3ccc(N4CC[C@H](F)C4)cc3C(F)F)nc12. The summed E-state index contributed by atoms with van der Waals surface area (Å²) in [6, 6.07) is 14.8. The maximum Gasteiger partial charge on any atom is 0.264 e. The quantitative estimate of drug-likeness (QED) is 0.428. The Morgan fingerprint density at radius 3 is 2.76 bits per heavy atom. The number of hydrogen-bond acceptors (Lipinski definition) is 4. The zero-order chi connectivity index (χ0) is 22.9. The molecule has 2 aromatic heterocycles. The van der Waals surface area contributed by atoms with Crippen molar-refractivity contribution in [2.45, 2.75) is 19.0 Å². The molecule has 0 unspecified atom stereocenters. The Balaban J connectivity index is 1.51. The van der Waals surface area contributed by atoms with Crippen LogP contribution >= 0.6 is 0 Å². The highest BCUT2D eigenvalue weighted by atomic mass is 19.3. The van der Waals surface area contributed by atoms with Crippen LogP contribution in [0.2, 0.25) is 0 Å². The number of carbonyl (C=O) groups is 1. The predicted octanol–water partition coefficient (Wildman–Crippen LogP) is 5.36. The smallest absolute Gasteiger partial charge is 0.264 e. The number of hydrogen-bond donors (Lipinski definition) is 2. The van der Waals surface area contributed by atoms with Gasteiger partial charge in [0.2, 0.25) is 0 Å². The molecule has 1 aliphatic rings. The summed E-state index contributed by atoms with van der Waals surface area (Å²) >= 11 is 0. The summed E-state index contributed by atoms with van der Waals surface area (Å²) in [4.78, 5) is 26.2. The van der Waals surface area contributed by atoms with Crippen LogP contribution in [0.5, 0.6) is 0 Å². The zero-order valence-electron chi connectivity index (χ0n) is 17.4. The first-order valence-corrected chi connectivity index (χ1v) is 10.5. The van der Waals surface area contributed by atoms with Gasteiger partial charge in [0.15, 0.2) is 0 Å². The molecule has 0 bridgehead atoms. The maximum absolute atomic E-state index is 14.0. The molecule has 2 aromatic carbocycles. The number of rotatable bonds is 5. The minimum absolute atomic E-state index is 0.196. The van der Waals surface area contributed by atoms with Gasteiger partial charge in [-0.15, -0.1) is 0 Å². The normalized spacial score (nSPS) is 16.0. The van der Waals surface area contributed by atoms with Gasteiger partial charge in [-0.05, 0) is 48.9 Å². The van der Waals surface area contributed by atoms with Crippen LogP contribution in [0, 0.1) is 0 Å². The number of para-hydroxylation sites is 1. The van der Waals surface area contributed by atoms with Crippen LogP contribution in [0.1, 0.15) is 28.8 Å². The molecule has 0 spiro atoms. The molecule has 6 nitrogen and oxygen atoms in total. The number of nitrogens with one attached hydrogen (secondary N) is 2. The number of alkyl halides is 3. The standard InChI is InChI=1S/C24H20F3N5O/c25-14-9-11-32(13-14)15-7-8-16(18(12-15)22(26)27)23-29-19-5-3-4-17(21(19)31-23)24(33)30-20-6-1-2-10-28-20/h1-8,10,12,14,22H,9,11,13H2,(H,29,31)(H,28,30,33)/t14-/m0/s1. The number of fused-ring (bicyclic) bond motifs is 1. The number of aromatic amines is 1. The topological polar surface area (TPSA) is 73.9 Å². The third-order valence-electron chi connectivity index (χ3n) is 5.69.